The van der Waals surface area contributed by atoms with Crippen molar-refractivity contribution in [1.82, 2.24) is 4.98 Å². The van der Waals surface area contributed by atoms with Crippen LogP contribution in [0, 0.1) is 0 Å². The Hall–Kier alpha value is -1.18. The number of nitrogens with zero attached hydrogens (tertiary/aromatic N) is 1. The van der Waals surface area contributed by atoms with Crippen LogP contribution in [0.15, 0.2) is 18.5 Å². The van der Waals surface area contributed by atoms with E-state index in [4.69, 9.17) is 0 Å². The maximum atomic E-state index is 11.0. The Morgan fingerprint density at radius 2 is 2.36 bits per heavy atom. The third kappa shape index (κ3) is 1.64. The fraction of sp³-hybridized carbons (Fsp3) is 0.333. The second kappa shape index (κ2) is 3.28. The van der Waals surface area contributed by atoms with Crippen molar-refractivity contribution in [3.8, 4) is 0 Å². The van der Waals surface area contributed by atoms with Gasteiger partial charge in [0.25, 0.3) is 0 Å². The van der Waals surface area contributed by atoms with E-state index in [0.29, 0.717) is 0 Å². The summed E-state index contributed by atoms with van der Waals surface area (Å²) in [5.74, 6) is 0.115. The van der Waals surface area contributed by atoms with Gasteiger partial charge in [-0.25, -0.2) is 0 Å². The molecule has 1 heterocycles. The molecule has 2 heteroatoms. The summed E-state index contributed by atoms with van der Waals surface area (Å²) in [5, 5.41) is 0. The van der Waals surface area contributed by atoms with Crippen molar-refractivity contribution in [3.05, 3.63) is 29.6 Å². The van der Waals surface area contributed by atoms with Crippen molar-refractivity contribution in [1.29, 1.82) is 0 Å². The second-order valence-corrected chi connectivity index (χ2v) is 2.44. The van der Waals surface area contributed by atoms with Crippen LogP contribution in [0.25, 0.3) is 0 Å². The van der Waals surface area contributed by atoms with Crippen LogP contribution in [0.3, 0.4) is 0 Å². The van der Waals surface area contributed by atoms with Crippen molar-refractivity contribution >= 4 is 5.78 Å². The van der Waals surface area contributed by atoms with Gasteiger partial charge in [0.05, 0.1) is 0 Å². The molecule has 0 atom stereocenters. The van der Waals surface area contributed by atoms with Gasteiger partial charge < -0.3 is 0 Å². The molecule has 1 rings (SSSR count). The molecule has 0 spiro atoms. The minimum Gasteiger partial charge on any atom is -0.294 e. The Kier molecular flexibility index (Phi) is 2.36. The van der Waals surface area contributed by atoms with E-state index in [1.54, 1.807) is 25.4 Å². The lowest BCUT2D eigenvalue weighted by atomic mass is 10.1. The van der Waals surface area contributed by atoms with E-state index in [1.807, 2.05) is 6.92 Å². The molecule has 0 saturated carbocycles. The van der Waals surface area contributed by atoms with Crippen LogP contribution >= 0.6 is 0 Å². The maximum absolute atomic E-state index is 11.0. The summed E-state index contributed by atoms with van der Waals surface area (Å²) < 4.78 is 0. The molecule has 1 aromatic heterocycles. The van der Waals surface area contributed by atoms with Gasteiger partial charge in [-0.2, -0.15) is 0 Å². The van der Waals surface area contributed by atoms with Crippen LogP contribution in [0.1, 0.15) is 29.8 Å². The molecule has 0 aliphatic carbocycles. The number of carbonyl (C=O) groups excluding carboxylic acids is 1. The molecule has 0 bridgehead atoms. The molecule has 0 radical (unpaired) electrons. The van der Waals surface area contributed by atoms with Gasteiger partial charge in [-0.15, -0.1) is 0 Å². The molecule has 1 aromatic rings. The smallest absolute Gasteiger partial charge is 0.160 e. The van der Waals surface area contributed by atoms with Crippen molar-refractivity contribution < 1.29 is 4.79 Å². The van der Waals surface area contributed by atoms with E-state index >= 15 is 0 Å². The van der Waals surface area contributed by atoms with E-state index < -0.39 is 0 Å². The standard InChI is InChI=1S/C9H11NO/c1-3-8-6-10-5-4-9(8)7(2)11/h4-6H,3H2,1-2H3. The Morgan fingerprint density at radius 1 is 1.64 bits per heavy atom. The van der Waals surface area contributed by atoms with Crippen molar-refractivity contribution in [3.63, 3.8) is 0 Å². The molecule has 0 amide bonds. The van der Waals surface area contributed by atoms with Gasteiger partial charge in [0.1, 0.15) is 0 Å². The Bertz CT molecular complexity index is 268. The highest BCUT2D eigenvalue weighted by molar-refractivity contribution is 5.95. The molecule has 0 unspecified atom stereocenters. The molecule has 0 fully saturated rings. The summed E-state index contributed by atoms with van der Waals surface area (Å²) in [5.41, 5.74) is 1.82. The largest absolute Gasteiger partial charge is 0.294 e. The molecule has 0 aromatic carbocycles. The summed E-state index contributed by atoms with van der Waals surface area (Å²) in [7, 11) is 0. The fourth-order valence-corrected chi connectivity index (χ4v) is 1.05. The van der Waals surface area contributed by atoms with Gasteiger partial charge in [-0.1, -0.05) is 6.92 Å². The van der Waals surface area contributed by atoms with E-state index in [0.717, 1.165) is 17.5 Å². The van der Waals surface area contributed by atoms with Gasteiger partial charge in [-0.05, 0) is 25.0 Å². The van der Waals surface area contributed by atoms with E-state index in [1.165, 1.54) is 0 Å². The monoisotopic (exact) mass is 149 g/mol. The van der Waals surface area contributed by atoms with Crippen molar-refractivity contribution in [2.45, 2.75) is 20.3 Å². The molecule has 0 aliphatic rings. The first-order valence-electron chi connectivity index (χ1n) is 3.69. The third-order valence-corrected chi connectivity index (χ3v) is 1.66. The Labute approximate surface area is 66.3 Å². The lowest BCUT2D eigenvalue weighted by Crippen LogP contribution is -1.98. The van der Waals surface area contributed by atoms with E-state index in [9.17, 15) is 4.79 Å². The van der Waals surface area contributed by atoms with Crippen LogP contribution in [-0.2, 0) is 6.42 Å². The number of pyridine rings is 1. The highest BCUT2D eigenvalue weighted by Gasteiger charge is 2.03. The molecule has 0 N–H and O–H groups in total. The molecule has 58 valence electrons. The number of rotatable bonds is 2. The number of Topliss-reactive ketones (excluding diaryl/α,β-unsaturated/α-hetero) is 1. The molecule has 2 nitrogen and oxygen atoms in total. The normalized spacial score (nSPS) is 9.64. The summed E-state index contributed by atoms with van der Waals surface area (Å²) in [6, 6.07) is 1.77. The first kappa shape index (κ1) is 7.92. The van der Waals surface area contributed by atoms with Crippen LogP contribution in [0.4, 0.5) is 0 Å². The number of hydrogen-bond donors (Lipinski definition) is 0. The zero-order valence-electron chi connectivity index (χ0n) is 6.79. The average Bonchev–Trinajstić information content (AvgIpc) is 2.04. The highest BCUT2D eigenvalue weighted by atomic mass is 16.1. The Balaban J connectivity index is 3.12. The second-order valence-electron chi connectivity index (χ2n) is 2.44. The number of hydrogen-bond acceptors (Lipinski definition) is 2. The zero-order valence-corrected chi connectivity index (χ0v) is 6.79. The lowest BCUT2D eigenvalue weighted by molar-refractivity contribution is 0.101. The SMILES string of the molecule is CCc1cnccc1C(C)=O. The average molecular weight is 149 g/mol. The lowest BCUT2D eigenvalue weighted by Gasteiger charge is -2.00. The van der Waals surface area contributed by atoms with Crippen LogP contribution < -0.4 is 0 Å². The topological polar surface area (TPSA) is 30.0 Å². The molecule has 11 heavy (non-hydrogen) atoms. The van der Waals surface area contributed by atoms with Crippen LogP contribution in [-0.4, -0.2) is 10.8 Å². The van der Waals surface area contributed by atoms with Gasteiger partial charge in [0.2, 0.25) is 0 Å². The van der Waals surface area contributed by atoms with E-state index in [-0.39, 0.29) is 5.78 Å². The third-order valence-electron chi connectivity index (χ3n) is 1.66. The summed E-state index contributed by atoms with van der Waals surface area (Å²) >= 11 is 0. The number of ketones is 1. The van der Waals surface area contributed by atoms with Crippen molar-refractivity contribution in [2.75, 3.05) is 0 Å². The minimum absolute atomic E-state index is 0.115. The van der Waals surface area contributed by atoms with E-state index in [2.05, 4.69) is 4.98 Å². The number of carbonyl (C=O) groups is 1. The van der Waals surface area contributed by atoms with Crippen molar-refractivity contribution in [2.24, 2.45) is 0 Å². The molecule has 0 aliphatic heterocycles. The predicted octanol–water partition coefficient (Wildman–Crippen LogP) is 1.85. The molecular formula is C9H11NO. The van der Waals surface area contributed by atoms with Gasteiger partial charge in [0, 0.05) is 18.0 Å². The first-order valence-corrected chi connectivity index (χ1v) is 3.69. The number of aromatic nitrogens is 1. The predicted molar refractivity (Wildman–Crippen MR) is 43.6 cm³/mol. The summed E-state index contributed by atoms with van der Waals surface area (Å²) in [6.07, 6.45) is 4.26. The highest BCUT2D eigenvalue weighted by Crippen LogP contribution is 2.07. The van der Waals surface area contributed by atoms with Gasteiger partial charge in [-0.3, -0.25) is 9.78 Å². The zero-order chi connectivity index (χ0) is 8.27. The van der Waals surface area contributed by atoms with Crippen LogP contribution in [0.2, 0.25) is 0 Å². The Morgan fingerprint density at radius 3 is 2.82 bits per heavy atom. The molecular weight excluding hydrogens is 138 g/mol. The summed E-state index contributed by atoms with van der Waals surface area (Å²) in [4.78, 5) is 14.9. The number of aryl methyl sites for hydroxylation is 1. The first-order chi connectivity index (χ1) is 5.25. The maximum Gasteiger partial charge on any atom is 0.160 e. The van der Waals surface area contributed by atoms with Crippen LogP contribution in [0.5, 0.6) is 0 Å². The van der Waals surface area contributed by atoms with Gasteiger partial charge in [0.15, 0.2) is 5.78 Å². The quantitative estimate of drug-likeness (QED) is 0.600. The summed E-state index contributed by atoms with van der Waals surface area (Å²) in [6.45, 7) is 3.60. The minimum atomic E-state index is 0.115. The van der Waals surface area contributed by atoms with Gasteiger partial charge >= 0.3 is 0 Å². The fourth-order valence-electron chi connectivity index (χ4n) is 1.05. The molecule has 0 saturated heterocycles.